The Hall–Kier alpha value is -2.20. The summed E-state index contributed by atoms with van der Waals surface area (Å²) in [5.41, 5.74) is 1.67. The summed E-state index contributed by atoms with van der Waals surface area (Å²) in [4.78, 5) is 18.5. The molecule has 2 heterocycles. The monoisotopic (exact) mass is 297 g/mol. The van der Waals surface area contributed by atoms with Crippen molar-refractivity contribution in [3.63, 3.8) is 0 Å². The van der Waals surface area contributed by atoms with Gasteiger partial charge < -0.3 is 4.90 Å². The van der Waals surface area contributed by atoms with E-state index in [2.05, 4.69) is 10.2 Å². The quantitative estimate of drug-likeness (QED) is 0.798. The van der Waals surface area contributed by atoms with E-state index in [1.165, 1.54) is 0 Å². The highest BCUT2D eigenvalue weighted by atomic mass is 35.5. The second-order valence-corrected chi connectivity index (χ2v) is 5.61. The van der Waals surface area contributed by atoms with E-state index in [0.29, 0.717) is 18.1 Å². The van der Waals surface area contributed by atoms with E-state index in [-0.39, 0.29) is 0 Å². The van der Waals surface area contributed by atoms with Crippen LogP contribution < -0.4 is 0 Å². The summed E-state index contributed by atoms with van der Waals surface area (Å²) in [6.45, 7) is 1.38. The molecule has 4 rings (SSSR count). The first-order valence-corrected chi connectivity index (χ1v) is 7.18. The van der Waals surface area contributed by atoms with E-state index in [4.69, 9.17) is 11.6 Å². The van der Waals surface area contributed by atoms with Crippen molar-refractivity contribution >= 4 is 17.4 Å². The molecular weight excluding hydrogens is 286 g/mol. The predicted octanol–water partition coefficient (Wildman–Crippen LogP) is 3.38. The van der Waals surface area contributed by atoms with Crippen molar-refractivity contribution in [3.8, 4) is 0 Å². The fourth-order valence-electron chi connectivity index (χ4n) is 3.27. The van der Waals surface area contributed by atoms with Crippen LogP contribution in [0.5, 0.6) is 0 Å². The number of amidine groups is 1. The summed E-state index contributed by atoms with van der Waals surface area (Å²) in [5, 5.41) is 4.20. The number of hydrogen-bond donors (Lipinski definition) is 0. The Bertz CT molecular complexity index is 756. The summed E-state index contributed by atoms with van der Waals surface area (Å²) in [6.07, 6.45) is 0. The van der Waals surface area contributed by atoms with Crippen molar-refractivity contribution in [2.45, 2.75) is 5.66 Å². The standard InChI is InChI=1S/C16H12ClN3O/c17-12-7-5-11(6-8-12)16(19-21)14-4-2-1-3-13(14)15-18-9-10-20(15)16/h1-8H,9-10H2. The molecule has 0 aromatic heterocycles. The fraction of sp³-hybridized carbons (Fsp3) is 0.188. The van der Waals surface area contributed by atoms with Crippen molar-refractivity contribution in [3.05, 3.63) is 75.2 Å². The molecule has 2 aliphatic rings. The zero-order chi connectivity index (χ0) is 14.4. The molecule has 2 aliphatic heterocycles. The van der Waals surface area contributed by atoms with E-state index in [1.807, 2.05) is 41.3 Å². The van der Waals surface area contributed by atoms with Crippen molar-refractivity contribution in [1.29, 1.82) is 0 Å². The molecule has 0 fully saturated rings. The van der Waals surface area contributed by atoms with Crippen molar-refractivity contribution in [2.24, 2.45) is 10.2 Å². The lowest BCUT2D eigenvalue weighted by Crippen LogP contribution is -2.42. The topological polar surface area (TPSA) is 45.0 Å². The molecule has 2 aromatic carbocycles. The molecule has 0 radical (unpaired) electrons. The van der Waals surface area contributed by atoms with Crippen molar-refractivity contribution < 1.29 is 0 Å². The highest BCUT2D eigenvalue weighted by Crippen LogP contribution is 2.46. The predicted molar refractivity (Wildman–Crippen MR) is 82.6 cm³/mol. The maximum Gasteiger partial charge on any atom is 0.227 e. The summed E-state index contributed by atoms with van der Waals surface area (Å²) in [6, 6.07) is 15.1. The van der Waals surface area contributed by atoms with Gasteiger partial charge in [0.2, 0.25) is 5.66 Å². The van der Waals surface area contributed by atoms with Gasteiger partial charge in [-0.25, -0.2) is 0 Å². The van der Waals surface area contributed by atoms with Crippen LogP contribution in [0.2, 0.25) is 5.02 Å². The Kier molecular flexibility index (Phi) is 2.62. The molecule has 0 saturated carbocycles. The molecule has 0 N–H and O–H groups in total. The Labute approximate surface area is 127 Å². The Morgan fingerprint density at radius 3 is 2.67 bits per heavy atom. The summed E-state index contributed by atoms with van der Waals surface area (Å²) in [5.74, 6) is 0.861. The summed E-state index contributed by atoms with van der Waals surface area (Å²) in [7, 11) is 0. The van der Waals surface area contributed by atoms with Crippen molar-refractivity contribution in [2.75, 3.05) is 13.1 Å². The van der Waals surface area contributed by atoms with Gasteiger partial charge in [0.05, 0.1) is 6.54 Å². The van der Waals surface area contributed by atoms with Gasteiger partial charge in [-0.1, -0.05) is 48.0 Å². The van der Waals surface area contributed by atoms with Gasteiger partial charge in [0, 0.05) is 28.3 Å². The zero-order valence-corrected chi connectivity index (χ0v) is 11.9. The van der Waals surface area contributed by atoms with E-state index in [0.717, 1.165) is 22.5 Å². The average molecular weight is 298 g/mol. The number of fused-ring (bicyclic) bond motifs is 3. The largest absolute Gasteiger partial charge is 0.320 e. The minimum atomic E-state index is -1.03. The molecule has 0 saturated heterocycles. The van der Waals surface area contributed by atoms with Crippen LogP contribution in [0.4, 0.5) is 0 Å². The maximum absolute atomic E-state index is 11.9. The maximum atomic E-state index is 11.9. The van der Waals surface area contributed by atoms with Crippen LogP contribution >= 0.6 is 11.6 Å². The molecule has 0 amide bonds. The molecular formula is C16H12ClN3O. The van der Waals surface area contributed by atoms with Crippen LogP contribution in [0.3, 0.4) is 0 Å². The molecule has 1 atom stereocenters. The third-order valence-electron chi connectivity index (χ3n) is 4.15. The van der Waals surface area contributed by atoms with Crippen LogP contribution in [0.25, 0.3) is 0 Å². The third kappa shape index (κ3) is 1.54. The lowest BCUT2D eigenvalue weighted by molar-refractivity contribution is 0.262. The van der Waals surface area contributed by atoms with Gasteiger partial charge in [-0.15, -0.1) is 4.91 Å². The highest BCUT2D eigenvalue weighted by molar-refractivity contribution is 6.30. The van der Waals surface area contributed by atoms with Gasteiger partial charge in [0.15, 0.2) is 0 Å². The molecule has 0 bridgehead atoms. The number of benzene rings is 2. The number of hydrogen-bond acceptors (Lipinski definition) is 4. The van der Waals surface area contributed by atoms with Crippen LogP contribution in [-0.4, -0.2) is 23.8 Å². The molecule has 2 aromatic rings. The lowest BCUT2D eigenvalue weighted by atomic mass is 9.91. The average Bonchev–Trinajstić information content (AvgIpc) is 3.09. The minimum Gasteiger partial charge on any atom is -0.320 e. The molecule has 104 valence electrons. The second-order valence-electron chi connectivity index (χ2n) is 5.17. The first-order valence-electron chi connectivity index (χ1n) is 6.80. The van der Waals surface area contributed by atoms with Crippen LogP contribution in [-0.2, 0) is 5.66 Å². The Morgan fingerprint density at radius 1 is 1.14 bits per heavy atom. The van der Waals surface area contributed by atoms with Gasteiger partial charge in [-0.05, 0) is 17.3 Å². The van der Waals surface area contributed by atoms with Gasteiger partial charge in [-0.3, -0.25) is 4.99 Å². The lowest BCUT2D eigenvalue weighted by Gasteiger charge is -2.32. The molecule has 4 nitrogen and oxygen atoms in total. The van der Waals surface area contributed by atoms with E-state index in [9.17, 15) is 4.91 Å². The first kappa shape index (κ1) is 12.5. The molecule has 0 aliphatic carbocycles. The first-order chi connectivity index (χ1) is 10.3. The van der Waals surface area contributed by atoms with E-state index >= 15 is 0 Å². The smallest absolute Gasteiger partial charge is 0.227 e. The van der Waals surface area contributed by atoms with Gasteiger partial charge >= 0.3 is 0 Å². The van der Waals surface area contributed by atoms with Crippen LogP contribution in [0.1, 0.15) is 16.7 Å². The molecule has 5 heteroatoms. The van der Waals surface area contributed by atoms with Crippen LogP contribution in [0, 0.1) is 4.91 Å². The number of nitrogens with zero attached hydrogens (tertiary/aromatic N) is 3. The van der Waals surface area contributed by atoms with Gasteiger partial charge in [0.1, 0.15) is 5.84 Å². The normalized spacial score (nSPS) is 22.7. The Balaban J connectivity index is 2.02. The summed E-state index contributed by atoms with van der Waals surface area (Å²) < 4.78 is 0. The second kappa shape index (κ2) is 4.40. The van der Waals surface area contributed by atoms with E-state index < -0.39 is 5.66 Å². The Morgan fingerprint density at radius 2 is 1.90 bits per heavy atom. The summed E-state index contributed by atoms with van der Waals surface area (Å²) >= 11 is 5.97. The minimum absolute atomic E-state index is 0.640. The number of rotatable bonds is 2. The molecule has 1 unspecified atom stereocenters. The number of halogens is 1. The number of nitroso groups, excluding NO2 is 1. The van der Waals surface area contributed by atoms with Crippen molar-refractivity contribution in [1.82, 2.24) is 4.90 Å². The van der Waals surface area contributed by atoms with E-state index in [1.54, 1.807) is 12.1 Å². The third-order valence-corrected chi connectivity index (χ3v) is 4.41. The zero-order valence-electron chi connectivity index (χ0n) is 11.2. The van der Waals surface area contributed by atoms with Gasteiger partial charge in [0.25, 0.3) is 0 Å². The van der Waals surface area contributed by atoms with Crippen LogP contribution in [0.15, 0.2) is 58.7 Å². The van der Waals surface area contributed by atoms with Gasteiger partial charge in [-0.2, -0.15) is 0 Å². The molecule has 21 heavy (non-hydrogen) atoms. The SMILES string of the molecule is O=NC1(c2ccc(Cl)cc2)c2ccccc2C2=NCCN21. The number of aliphatic imine (C=N–C) groups is 1. The fourth-order valence-corrected chi connectivity index (χ4v) is 3.39. The highest BCUT2D eigenvalue weighted by Gasteiger charge is 2.52. The molecule has 0 spiro atoms.